The quantitative estimate of drug-likeness (QED) is 0.182. The van der Waals surface area contributed by atoms with Crippen LogP contribution in [0.3, 0.4) is 0 Å². The summed E-state index contributed by atoms with van der Waals surface area (Å²) < 4.78 is 4.82. The van der Waals surface area contributed by atoms with Gasteiger partial charge in [0.25, 0.3) is 0 Å². The summed E-state index contributed by atoms with van der Waals surface area (Å²) in [6.07, 6.45) is 12.3. The second kappa shape index (κ2) is 10.3. The van der Waals surface area contributed by atoms with Crippen molar-refractivity contribution in [1.29, 1.82) is 0 Å². The van der Waals surface area contributed by atoms with E-state index in [1.54, 1.807) is 0 Å². The number of benzene rings is 6. The molecule has 0 saturated carbocycles. The zero-order valence-electron chi connectivity index (χ0n) is 25.3. The molecule has 216 valence electrons. The Balaban J connectivity index is 1.54. The van der Waals surface area contributed by atoms with Crippen LogP contribution in [0.2, 0.25) is 0 Å². The highest BCUT2D eigenvalue weighted by Crippen LogP contribution is 2.56. The van der Waals surface area contributed by atoms with Crippen LogP contribution in [0.5, 0.6) is 0 Å². The summed E-state index contributed by atoms with van der Waals surface area (Å²) in [4.78, 5) is 0. The van der Waals surface area contributed by atoms with E-state index in [-0.39, 0.29) is 11.8 Å². The molecule has 9 rings (SSSR count). The fourth-order valence-corrected chi connectivity index (χ4v) is 8.34. The van der Waals surface area contributed by atoms with Crippen LogP contribution in [0.4, 0.5) is 0 Å². The van der Waals surface area contributed by atoms with Gasteiger partial charge in [-0.3, -0.25) is 0 Å². The van der Waals surface area contributed by atoms with Gasteiger partial charge in [0, 0.05) is 33.2 Å². The third-order valence-corrected chi connectivity index (χ3v) is 10.00. The van der Waals surface area contributed by atoms with Gasteiger partial charge >= 0.3 is 0 Å². The van der Waals surface area contributed by atoms with E-state index >= 15 is 0 Å². The van der Waals surface area contributed by atoms with Crippen molar-refractivity contribution in [3.05, 3.63) is 167 Å². The van der Waals surface area contributed by atoms with Crippen molar-refractivity contribution in [2.45, 2.75) is 24.9 Å². The molecule has 6 aromatic carbocycles. The van der Waals surface area contributed by atoms with Crippen LogP contribution in [0.15, 0.2) is 133 Å². The Bertz CT molecular complexity index is 2390. The second-order valence-corrected chi connectivity index (χ2v) is 12.2. The predicted octanol–water partition coefficient (Wildman–Crippen LogP) is 9.84. The van der Waals surface area contributed by atoms with Crippen LogP contribution >= 0.6 is 0 Å². The highest BCUT2D eigenvalue weighted by atomic mass is 15.0. The number of nitrogens with zero attached hydrogens (tertiary/aromatic N) is 2. The number of terminal acetylenes is 2. The summed E-state index contributed by atoms with van der Waals surface area (Å²) in [5.74, 6) is 5.92. The average molecular weight is 587 g/mol. The maximum absolute atomic E-state index is 6.17. The molecule has 0 N–H and O–H groups in total. The minimum Gasteiger partial charge on any atom is -0.332 e. The number of rotatable bonds is 4. The monoisotopic (exact) mass is 586 g/mol. The Morgan fingerprint density at radius 2 is 0.804 bits per heavy atom. The molecule has 8 aromatic rings. The van der Waals surface area contributed by atoms with Crippen molar-refractivity contribution in [2.75, 3.05) is 0 Å². The number of aromatic nitrogens is 2. The summed E-state index contributed by atoms with van der Waals surface area (Å²) in [5.41, 5.74) is 10.1. The largest absolute Gasteiger partial charge is 0.332 e. The Labute approximate surface area is 268 Å². The topological polar surface area (TPSA) is 9.86 Å². The van der Waals surface area contributed by atoms with Crippen LogP contribution < -0.4 is 0 Å². The first-order chi connectivity index (χ1) is 22.8. The lowest BCUT2D eigenvalue weighted by molar-refractivity contribution is 0.691. The van der Waals surface area contributed by atoms with Gasteiger partial charge in [-0.05, 0) is 55.9 Å². The first-order valence-electron chi connectivity index (χ1n) is 15.8. The van der Waals surface area contributed by atoms with Crippen molar-refractivity contribution >= 4 is 43.4 Å². The van der Waals surface area contributed by atoms with Gasteiger partial charge < -0.3 is 9.13 Å². The van der Waals surface area contributed by atoms with E-state index in [0.717, 1.165) is 0 Å². The summed E-state index contributed by atoms with van der Waals surface area (Å²) >= 11 is 0. The molecule has 2 atom stereocenters. The molecule has 1 aliphatic rings. The minimum absolute atomic E-state index is 0.0630. The molecule has 0 radical (unpaired) electrons. The smallest absolute Gasteiger partial charge is 0.0838 e. The summed E-state index contributed by atoms with van der Waals surface area (Å²) in [5, 5.41) is 7.43. The van der Waals surface area contributed by atoms with Gasteiger partial charge in [-0.1, -0.05) is 133 Å². The highest BCUT2D eigenvalue weighted by molar-refractivity contribution is 5.98. The third kappa shape index (κ3) is 3.62. The van der Waals surface area contributed by atoms with Crippen LogP contribution in [0.25, 0.3) is 43.4 Å². The van der Waals surface area contributed by atoms with Gasteiger partial charge in [0.15, 0.2) is 0 Å². The summed E-state index contributed by atoms with van der Waals surface area (Å²) in [7, 11) is 0. The van der Waals surface area contributed by atoms with Crippen LogP contribution in [-0.2, 0) is 13.1 Å². The van der Waals surface area contributed by atoms with Crippen LogP contribution in [0.1, 0.15) is 45.5 Å². The van der Waals surface area contributed by atoms with Gasteiger partial charge in [0.1, 0.15) is 0 Å². The van der Waals surface area contributed by atoms with E-state index in [0.29, 0.717) is 13.1 Å². The molecule has 0 spiro atoms. The molecule has 2 aromatic heterocycles. The molecule has 2 unspecified atom stereocenters. The minimum atomic E-state index is -0.0630. The van der Waals surface area contributed by atoms with Gasteiger partial charge in [-0.25, -0.2) is 0 Å². The van der Waals surface area contributed by atoms with Crippen molar-refractivity contribution in [3.8, 4) is 24.7 Å². The number of hydrogen-bond acceptors (Lipinski definition) is 0. The molecule has 0 aliphatic heterocycles. The Hall–Kier alpha value is -5.96. The average Bonchev–Trinajstić information content (AvgIpc) is 3.60. The molecular formula is C44H30N2. The van der Waals surface area contributed by atoms with E-state index in [1.165, 1.54) is 77.0 Å². The molecule has 46 heavy (non-hydrogen) atoms. The second-order valence-electron chi connectivity index (χ2n) is 12.2. The number of para-hydroxylation sites is 2. The Morgan fingerprint density at radius 3 is 1.24 bits per heavy atom. The molecule has 2 heteroatoms. The van der Waals surface area contributed by atoms with E-state index in [9.17, 15) is 0 Å². The fourth-order valence-electron chi connectivity index (χ4n) is 8.34. The van der Waals surface area contributed by atoms with Crippen molar-refractivity contribution in [2.24, 2.45) is 0 Å². The normalized spacial score (nSPS) is 15.5. The highest BCUT2D eigenvalue weighted by Gasteiger charge is 2.43. The van der Waals surface area contributed by atoms with Crippen LogP contribution in [0, 0.1) is 24.7 Å². The van der Waals surface area contributed by atoms with Crippen molar-refractivity contribution in [1.82, 2.24) is 9.13 Å². The first-order valence-corrected chi connectivity index (χ1v) is 15.8. The molecule has 0 fully saturated rings. The SMILES string of the molecule is C#CCn1c2c(c3ccccc31)C(c1cccc3ccccc13)c1c(c3ccccc3n1CC#C)C2c1cccc2ccccc12. The van der Waals surface area contributed by atoms with Crippen molar-refractivity contribution in [3.63, 3.8) is 0 Å². The maximum Gasteiger partial charge on any atom is 0.0838 e. The number of hydrogen-bond donors (Lipinski definition) is 0. The standard InChI is InChI=1S/C44H30N2/c1-3-27-45-37-25-11-9-21-35(37)41-40(34-24-14-18-30-16-6-8-20-32(30)34)44-42(36-22-10-12-26-38(36)46(44)28-4-2)39(43(41)45)33-23-13-17-29-15-5-7-19-31(29)33/h1-2,5-26,39-40H,27-28H2. The zero-order chi connectivity index (χ0) is 30.8. The Kier molecular flexibility index (Phi) is 5.92. The van der Waals surface area contributed by atoms with E-state index < -0.39 is 0 Å². The molecule has 0 bridgehead atoms. The van der Waals surface area contributed by atoms with Gasteiger partial charge in [-0.15, -0.1) is 12.8 Å². The number of fused-ring (bicyclic) bond motifs is 8. The lowest BCUT2D eigenvalue weighted by atomic mass is 9.71. The fraction of sp³-hybridized carbons (Fsp3) is 0.0909. The van der Waals surface area contributed by atoms with E-state index in [1.807, 2.05) is 0 Å². The van der Waals surface area contributed by atoms with E-state index in [4.69, 9.17) is 12.8 Å². The van der Waals surface area contributed by atoms with Crippen LogP contribution in [-0.4, -0.2) is 9.13 Å². The molecular weight excluding hydrogens is 556 g/mol. The third-order valence-electron chi connectivity index (χ3n) is 10.00. The Morgan fingerprint density at radius 1 is 0.435 bits per heavy atom. The first kappa shape index (κ1) is 26.4. The molecule has 2 nitrogen and oxygen atoms in total. The van der Waals surface area contributed by atoms with Gasteiger partial charge in [-0.2, -0.15) is 0 Å². The molecule has 2 heterocycles. The molecule has 0 amide bonds. The predicted molar refractivity (Wildman–Crippen MR) is 191 cm³/mol. The van der Waals surface area contributed by atoms with E-state index in [2.05, 4.69) is 154 Å². The maximum atomic E-state index is 6.17. The molecule has 1 aliphatic carbocycles. The van der Waals surface area contributed by atoms with Gasteiger partial charge in [0.2, 0.25) is 0 Å². The zero-order valence-corrected chi connectivity index (χ0v) is 25.3. The summed E-state index contributed by atoms with van der Waals surface area (Å²) in [6.45, 7) is 0.968. The van der Waals surface area contributed by atoms with Gasteiger partial charge in [0.05, 0.1) is 24.9 Å². The molecule has 0 saturated heterocycles. The lowest BCUT2D eigenvalue weighted by Crippen LogP contribution is -2.24. The van der Waals surface area contributed by atoms with Crippen molar-refractivity contribution < 1.29 is 0 Å². The lowest BCUT2D eigenvalue weighted by Gasteiger charge is -2.34. The summed E-state index contributed by atoms with van der Waals surface area (Å²) in [6, 6.07) is 48.5.